The lowest BCUT2D eigenvalue weighted by molar-refractivity contribution is -0.116. The number of amides is 1. The van der Waals surface area contributed by atoms with E-state index in [0.717, 1.165) is 4.31 Å². The number of nitrogens with zero attached hydrogens (tertiary/aromatic N) is 1. The highest BCUT2D eigenvalue weighted by Gasteiger charge is 2.26. The molecule has 0 bridgehead atoms. The first-order valence-electron chi connectivity index (χ1n) is 8.37. The number of benzene rings is 2. The van der Waals surface area contributed by atoms with E-state index in [0.29, 0.717) is 12.4 Å². The topological polar surface area (TPSA) is 75.7 Å². The third-order valence-electron chi connectivity index (χ3n) is 3.74. The van der Waals surface area contributed by atoms with Gasteiger partial charge in [0, 0.05) is 6.54 Å². The van der Waals surface area contributed by atoms with Gasteiger partial charge in [0.25, 0.3) is 0 Å². The molecule has 0 aromatic heterocycles. The Morgan fingerprint density at radius 2 is 1.71 bits per heavy atom. The third kappa shape index (κ3) is 5.30. The molecule has 1 amide bonds. The van der Waals surface area contributed by atoms with Crippen molar-refractivity contribution in [1.29, 1.82) is 0 Å². The Hall–Kier alpha value is -1.51. The van der Waals surface area contributed by atoms with Crippen LogP contribution < -0.4 is 10.1 Å². The summed E-state index contributed by atoms with van der Waals surface area (Å²) in [5, 5.41) is 3.23. The maximum absolute atomic E-state index is 12.9. The number of sulfonamides is 1. The quantitative estimate of drug-likeness (QED) is 0.613. The van der Waals surface area contributed by atoms with Gasteiger partial charge in [0.15, 0.2) is 0 Å². The molecule has 0 aliphatic heterocycles. The second kappa shape index (κ2) is 9.80. The molecule has 28 heavy (non-hydrogen) atoms. The number of hydrogen-bond acceptors (Lipinski definition) is 4. The summed E-state index contributed by atoms with van der Waals surface area (Å²) in [4.78, 5) is 12.4. The zero-order valence-corrected chi connectivity index (χ0v) is 18.3. The molecule has 6 nitrogen and oxygen atoms in total. The molecule has 0 saturated carbocycles. The first-order valence-corrected chi connectivity index (χ1v) is 10.9. The van der Waals surface area contributed by atoms with Crippen molar-refractivity contribution in [3.63, 3.8) is 0 Å². The maximum atomic E-state index is 12.9. The van der Waals surface area contributed by atoms with Gasteiger partial charge in [-0.1, -0.05) is 47.8 Å². The molecule has 0 fully saturated rings. The summed E-state index contributed by atoms with van der Waals surface area (Å²) < 4.78 is 32.1. The summed E-state index contributed by atoms with van der Waals surface area (Å²) in [5.41, 5.74) is 0.230. The van der Waals surface area contributed by atoms with Crippen LogP contribution in [0.3, 0.4) is 0 Å². The fourth-order valence-electron chi connectivity index (χ4n) is 2.39. The van der Waals surface area contributed by atoms with E-state index in [-0.39, 0.29) is 32.2 Å². The molecule has 0 heterocycles. The molecule has 0 aliphatic rings. The average Bonchev–Trinajstić information content (AvgIpc) is 2.64. The summed E-state index contributed by atoms with van der Waals surface area (Å²) in [7, 11) is -3.95. The van der Waals surface area contributed by atoms with Crippen LogP contribution in [0.15, 0.2) is 41.3 Å². The van der Waals surface area contributed by atoms with Crippen molar-refractivity contribution in [1.82, 2.24) is 4.31 Å². The fourth-order valence-corrected chi connectivity index (χ4v) is 4.61. The van der Waals surface area contributed by atoms with Crippen LogP contribution in [-0.4, -0.2) is 38.3 Å². The van der Waals surface area contributed by atoms with Gasteiger partial charge < -0.3 is 10.1 Å². The molecule has 0 spiro atoms. The minimum absolute atomic E-state index is 0.0358. The number of ether oxygens (including phenoxy) is 1. The summed E-state index contributed by atoms with van der Waals surface area (Å²) in [6.45, 7) is 3.49. The van der Waals surface area contributed by atoms with E-state index in [4.69, 9.17) is 39.5 Å². The fraction of sp³-hybridized carbons (Fsp3) is 0.278. The molecule has 0 atom stereocenters. The van der Waals surface area contributed by atoms with E-state index >= 15 is 0 Å². The van der Waals surface area contributed by atoms with Crippen molar-refractivity contribution in [2.75, 3.05) is 25.0 Å². The van der Waals surface area contributed by atoms with E-state index in [1.807, 2.05) is 0 Å². The normalized spacial score (nSPS) is 11.5. The Labute approximate surface area is 179 Å². The third-order valence-corrected chi connectivity index (χ3v) is 6.58. The van der Waals surface area contributed by atoms with Crippen molar-refractivity contribution in [2.24, 2.45) is 0 Å². The Bertz CT molecular complexity index is 947. The molecule has 2 aromatic rings. The number of para-hydroxylation sites is 1. The lowest BCUT2D eigenvalue weighted by Crippen LogP contribution is -2.37. The second-order valence-corrected chi connectivity index (χ2v) is 8.76. The molecule has 10 heteroatoms. The minimum Gasteiger partial charge on any atom is -0.492 e. The van der Waals surface area contributed by atoms with Crippen molar-refractivity contribution >= 4 is 56.4 Å². The second-order valence-electron chi connectivity index (χ2n) is 5.60. The highest BCUT2D eigenvalue weighted by atomic mass is 35.5. The highest BCUT2D eigenvalue weighted by Crippen LogP contribution is 2.31. The Morgan fingerprint density at radius 3 is 2.25 bits per heavy atom. The Kier molecular flexibility index (Phi) is 7.97. The van der Waals surface area contributed by atoms with Gasteiger partial charge >= 0.3 is 0 Å². The zero-order valence-electron chi connectivity index (χ0n) is 15.2. The van der Waals surface area contributed by atoms with Gasteiger partial charge in [-0.15, -0.1) is 0 Å². The molecule has 1 N–H and O–H groups in total. The molecule has 0 saturated heterocycles. The minimum atomic E-state index is -3.95. The molecule has 152 valence electrons. The van der Waals surface area contributed by atoms with Crippen LogP contribution >= 0.6 is 34.8 Å². The van der Waals surface area contributed by atoms with Crippen molar-refractivity contribution in [3.05, 3.63) is 51.5 Å². The van der Waals surface area contributed by atoms with Crippen LogP contribution in [-0.2, 0) is 14.8 Å². The number of rotatable bonds is 8. The monoisotopic (exact) mass is 464 g/mol. The highest BCUT2D eigenvalue weighted by molar-refractivity contribution is 7.89. The van der Waals surface area contributed by atoms with Crippen molar-refractivity contribution in [3.8, 4) is 5.75 Å². The number of carbonyl (C=O) groups excluding carboxylic acids is 1. The standard InChI is InChI=1S/C18H19Cl3N2O4S/c1-3-23(11-17(24)22-18-13(19)6-5-7-14(18)20)28(25,26)12-8-9-16(27-4-2)15(21)10-12/h5-10H,3-4,11H2,1-2H3,(H,22,24). The average molecular weight is 466 g/mol. The van der Waals surface area contributed by atoms with Crippen LogP contribution in [0.4, 0.5) is 5.69 Å². The van der Waals surface area contributed by atoms with Crippen molar-refractivity contribution in [2.45, 2.75) is 18.7 Å². The van der Waals surface area contributed by atoms with Gasteiger partial charge in [0.2, 0.25) is 15.9 Å². The predicted molar refractivity (Wildman–Crippen MR) is 112 cm³/mol. The summed E-state index contributed by atoms with van der Waals surface area (Å²) in [6, 6.07) is 8.94. The van der Waals surface area contributed by atoms with E-state index < -0.39 is 22.5 Å². The number of anilines is 1. The Balaban J connectivity index is 2.21. The van der Waals surface area contributed by atoms with Gasteiger partial charge in [-0.05, 0) is 37.3 Å². The van der Waals surface area contributed by atoms with Crippen LogP contribution in [0.1, 0.15) is 13.8 Å². The number of nitrogens with one attached hydrogen (secondary N) is 1. The van der Waals surface area contributed by atoms with Gasteiger partial charge in [0.1, 0.15) is 5.75 Å². The molecule has 2 rings (SSSR count). The number of halogens is 3. The van der Waals surface area contributed by atoms with E-state index in [9.17, 15) is 13.2 Å². The first-order chi connectivity index (χ1) is 13.2. The van der Waals surface area contributed by atoms with Crippen LogP contribution in [0.25, 0.3) is 0 Å². The van der Waals surface area contributed by atoms with Crippen LogP contribution in [0.5, 0.6) is 5.75 Å². The van der Waals surface area contributed by atoms with Gasteiger partial charge in [-0.2, -0.15) is 4.31 Å². The molecular weight excluding hydrogens is 447 g/mol. The molecule has 2 aromatic carbocycles. The summed E-state index contributed by atoms with van der Waals surface area (Å²) >= 11 is 18.2. The maximum Gasteiger partial charge on any atom is 0.243 e. The first kappa shape index (κ1) is 22.8. The molecule has 0 unspecified atom stereocenters. The molecule has 0 radical (unpaired) electrons. The van der Waals surface area contributed by atoms with Crippen LogP contribution in [0, 0.1) is 0 Å². The molecule has 0 aliphatic carbocycles. The van der Waals surface area contributed by atoms with Gasteiger partial charge in [0.05, 0.1) is 38.8 Å². The summed E-state index contributed by atoms with van der Waals surface area (Å²) in [6.07, 6.45) is 0. The molecular formula is C18H19Cl3N2O4S. The zero-order chi connectivity index (χ0) is 20.9. The summed E-state index contributed by atoms with van der Waals surface area (Å²) in [5.74, 6) is -0.185. The predicted octanol–water partition coefficient (Wildman–Crippen LogP) is 4.69. The largest absolute Gasteiger partial charge is 0.492 e. The Morgan fingerprint density at radius 1 is 1.07 bits per heavy atom. The lowest BCUT2D eigenvalue weighted by Gasteiger charge is -2.21. The lowest BCUT2D eigenvalue weighted by atomic mass is 10.3. The van der Waals surface area contributed by atoms with E-state index in [1.165, 1.54) is 18.2 Å². The van der Waals surface area contributed by atoms with E-state index in [1.54, 1.807) is 32.0 Å². The van der Waals surface area contributed by atoms with Crippen LogP contribution in [0.2, 0.25) is 15.1 Å². The van der Waals surface area contributed by atoms with Crippen molar-refractivity contribution < 1.29 is 17.9 Å². The number of carbonyl (C=O) groups is 1. The smallest absolute Gasteiger partial charge is 0.243 e. The number of hydrogen-bond donors (Lipinski definition) is 1. The number of likely N-dealkylation sites (N-methyl/N-ethyl adjacent to an activating group) is 1. The van der Waals surface area contributed by atoms with Gasteiger partial charge in [-0.3, -0.25) is 4.79 Å². The SMILES string of the molecule is CCOc1ccc(S(=O)(=O)N(CC)CC(=O)Nc2c(Cl)cccc2Cl)cc1Cl. The van der Waals surface area contributed by atoms with Gasteiger partial charge in [-0.25, -0.2) is 8.42 Å². The van der Waals surface area contributed by atoms with E-state index in [2.05, 4.69) is 5.32 Å².